The van der Waals surface area contributed by atoms with Gasteiger partial charge in [-0.1, -0.05) is 24.0 Å². The van der Waals surface area contributed by atoms with Crippen LogP contribution < -0.4 is 4.72 Å². The minimum atomic E-state index is -3.48. The van der Waals surface area contributed by atoms with E-state index in [0.29, 0.717) is 26.3 Å². The van der Waals surface area contributed by atoms with Crippen molar-refractivity contribution in [2.75, 3.05) is 32.9 Å². The van der Waals surface area contributed by atoms with Crippen LogP contribution in [0, 0.1) is 11.8 Å². The SMILES string of the molecule is O=S(=O)(NCc1cccc(C#CCO)c1)N1CCOCC1. The average Bonchev–Trinajstić information content (AvgIpc) is 2.52. The van der Waals surface area contributed by atoms with Gasteiger partial charge in [0.2, 0.25) is 0 Å². The first kappa shape index (κ1) is 15.9. The van der Waals surface area contributed by atoms with Gasteiger partial charge in [-0.15, -0.1) is 0 Å². The maximum absolute atomic E-state index is 12.1. The summed E-state index contributed by atoms with van der Waals surface area (Å²) in [5.41, 5.74) is 1.56. The number of hydrogen-bond donors (Lipinski definition) is 2. The van der Waals surface area contributed by atoms with E-state index >= 15 is 0 Å². The topological polar surface area (TPSA) is 78.9 Å². The summed E-state index contributed by atoms with van der Waals surface area (Å²) in [6, 6.07) is 7.23. The van der Waals surface area contributed by atoms with Crippen molar-refractivity contribution in [2.24, 2.45) is 0 Å². The predicted molar refractivity (Wildman–Crippen MR) is 78.6 cm³/mol. The first-order valence-electron chi connectivity index (χ1n) is 6.63. The Morgan fingerprint density at radius 3 is 2.81 bits per heavy atom. The fraction of sp³-hybridized carbons (Fsp3) is 0.429. The van der Waals surface area contributed by atoms with Crippen LogP contribution in [0.25, 0.3) is 0 Å². The van der Waals surface area contributed by atoms with Crippen molar-refractivity contribution in [2.45, 2.75) is 6.54 Å². The van der Waals surface area contributed by atoms with E-state index in [-0.39, 0.29) is 13.2 Å². The highest BCUT2D eigenvalue weighted by Crippen LogP contribution is 2.07. The molecule has 1 heterocycles. The molecule has 6 nitrogen and oxygen atoms in total. The van der Waals surface area contributed by atoms with Crippen molar-refractivity contribution in [3.05, 3.63) is 35.4 Å². The molecule has 1 aliphatic rings. The smallest absolute Gasteiger partial charge is 0.279 e. The molecule has 1 aromatic carbocycles. The highest BCUT2D eigenvalue weighted by molar-refractivity contribution is 7.87. The Labute approximate surface area is 124 Å². The second kappa shape index (κ2) is 7.54. The van der Waals surface area contributed by atoms with E-state index in [9.17, 15) is 8.42 Å². The van der Waals surface area contributed by atoms with Crippen molar-refractivity contribution in [1.82, 2.24) is 9.03 Å². The Balaban J connectivity index is 1.98. The van der Waals surface area contributed by atoms with Gasteiger partial charge in [0.1, 0.15) is 6.61 Å². The molecule has 7 heteroatoms. The number of aliphatic hydroxyl groups excluding tert-OH is 1. The first-order chi connectivity index (χ1) is 10.1. The fourth-order valence-corrected chi connectivity index (χ4v) is 3.11. The zero-order valence-corrected chi connectivity index (χ0v) is 12.4. The Morgan fingerprint density at radius 2 is 2.10 bits per heavy atom. The summed E-state index contributed by atoms with van der Waals surface area (Å²) in [6.45, 7) is 1.59. The van der Waals surface area contributed by atoms with Crippen LogP contribution >= 0.6 is 0 Å². The molecular weight excluding hydrogens is 292 g/mol. The third kappa shape index (κ3) is 4.81. The number of morpholine rings is 1. The summed E-state index contributed by atoms with van der Waals surface area (Å²) in [4.78, 5) is 0. The molecule has 21 heavy (non-hydrogen) atoms. The van der Waals surface area contributed by atoms with Gasteiger partial charge in [0.05, 0.1) is 13.2 Å². The van der Waals surface area contributed by atoms with Crippen molar-refractivity contribution in [1.29, 1.82) is 0 Å². The van der Waals surface area contributed by atoms with Crippen LogP contribution in [0.3, 0.4) is 0 Å². The number of nitrogens with zero attached hydrogens (tertiary/aromatic N) is 1. The standard InChI is InChI=1S/C14H18N2O4S/c17-8-2-5-13-3-1-4-14(11-13)12-15-21(18,19)16-6-9-20-10-7-16/h1,3-4,11,15,17H,6-10,12H2. The van der Waals surface area contributed by atoms with Crippen LogP contribution in [0.2, 0.25) is 0 Å². The lowest BCUT2D eigenvalue weighted by molar-refractivity contribution is 0.0725. The molecule has 0 unspecified atom stereocenters. The van der Waals surface area contributed by atoms with Crippen molar-refractivity contribution in [3.8, 4) is 11.8 Å². The number of aliphatic hydroxyl groups is 1. The molecule has 0 aliphatic carbocycles. The fourth-order valence-electron chi connectivity index (χ4n) is 1.95. The molecule has 2 N–H and O–H groups in total. The zero-order valence-electron chi connectivity index (χ0n) is 11.6. The lowest BCUT2D eigenvalue weighted by atomic mass is 10.1. The summed E-state index contributed by atoms with van der Waals surface area (Å²) in [6.07, 6.45) is 0. The average molecular weight is 310 g/mol. The molecule has 0 atom stereocenters. The maximum atomic E-state index is 12.1. The Morgan fingerprint density at radius 1 is 1.33 bits per heavy atom. The Bertz CT molecular complexity index is 628. The molecule has 1 saturated heterocycles. The van der Waals surface area contributed by atoms with Gasteiger partial charge in [-0.3, -0.25) is 0 Å². The minimum Gasteiger partial charge on any atom is -0.384 e. The van der Waals surface area contributed by atoms with Gasteiger partial charge >= 0.3 is 0 Å². The highest BCUT2D eigenvalue weighted by Gasteiger charge is 2.23. The van der Waals surface area contributed by atoms with Crippen LogP contribution in [0.15, 0.2) is 24.3 Å². The first-order valence-corrected chi connectivity index (χ1v) is 8.07. The summed E-state index contributed by atoms with van der Waals surface area (Å²) in [5, 5.41) is 8.67. The molecule has 0 saturated carbocycles. The second-order valence-electron chi connectivity index (χ2n) is 4.50. The Kier molecular flexibility index (Phi) is 5.73. The quantitative estimate of drug-likeness (QED) is 0.748. The predicted octanol–water partition coefficient (Wildman–Crippen LogP) is -0.303. The van der Waals surface area contributed by atoms with E-state index in [1.165, 1.54) is 4.31 Å². The van der Waals surface area contributed by atoms with Gasteiger partial charge in [0.25, 0.3) is 10.2 Å². The number of ether oxygens (including phenoxy) is 1. The molecule has 0 bridgehead atoms. The largest absolute Gasteiger partial charge is 0.384 e. The third-order valence-corrected chi connectivity index (χ3v) is 4.56. The highest BCUT2D eigenvalue weighted by atomic mass is 32.2. The number of hydrogen-bond acceptors (Lipinski definition) is 4. The number of nitrogens with one attached hydrogen (secondary N) is 1. The molecule has 1 fully saturated rings. The monoisotopic (exact) mass is 310 g/mol. The van der Waals surface area contributed by atoms with E-state index in [0.717, 1.165) is 11.1 Å². The van der Waals surface area contributed by atoms with Gasteiger partial charge < -0.3 is 9.84 Å². The molecule has 0 spiro atoms. The van der Waals surface area contributed by atoms with Crippen molar-refractivity contribution >= 4 is 10.2 Å². The molecule has 1 aliphatic heterocycles. The van der Waals surface area contributed by atoms with Gasteiger partial charge in [-0.2, -0.15) is 17.4 Å². The lowest BCUT2D eigenvalue weighted by Gasteiger charge is -2.26. The number of rotatable bonds is 4. The van der Waals surface area contributed by atoms with Crippen molar-refractivity contribution in [3.63, 3.8) is 0 Å². The summed E-state index contributed by atoms with van der Waals surface area (Å²) in [7, 11) is -3.48. The van der Waals surface area contributed by atoms with E-state index in [4.69, 9.17) is 9.84 Å². The van der Waals surface area contributed by atoms with Crippen LogP contribution in [-0.2, 0) is 21.5 Å². The maximum Gasteiger partial charge on any atom is 0.279 e. The molecule has 114 valence electrons. The van der Waals surface area contributed by atoms with Crippen LogP contribution in [0.4, 0.5) is 0 Å². The molecule has 0 aromatic heterocycles. The van der Waals surface area contributed by atoms with Gasteiger partial charge in [-0.05, 0) is 17.7 Å². The molecule has 0 amide bonds. The summed E-state index contributed by atoms with van der Waals surface area (Å²) < 4.78 is 33.3. The third-order valence-electron chi connectivity index (χ3n) is 3.01. The lowest BCUT2D eigenvalue weighted by Crippen LogP contribution is -2.46. The molecule has 1 aromatic rings. The Hall–Kier alpha value is -1.43. The van der Waals surface area contributed by atoms with E-state index in [2.05, 4.69) is 16.6 Å². The van der Waals surface area contributed by atoms with Crippen LogP contribution in [-0.4, -0.2) is 50.7 Å². The van der Waals surface area contributed by atoms with Crippen LogP contribution in [0.5, 0.6) is 0 Å². The molecule has 2 rings (SSSR count). The summed E-state index contributed by atoms with van der Waals surface area (Å²) >= 11 is 0. The van der Waals surface area contributed by atoms with E-state index in [1.54, 1.807) is 12.1 Å². The summed E-state index contributed by atoms with van der Waals surface area (Å²) in [5.74, 6) is 5.35. The normalized spacial score (nSPS) is 16.2. The minimum absolute atomic E-state index is 0.201. The van der Waals surface area contributed by atoms with E-state index in [1.807, 2.05) is 12.1 Å². The van der Waals surface area contributed by atoms with Gasteiger partial charge in [0.15, 0.2) is 0 Å². The van der Waals surface area contributed by atoms with Crippen molar-refractivity contribution < 1.29 is 18.3 Å². The van der Waals surface area contributed by atoms with Gasteiger partial charge in [0, 0.05) is 25.2 Å². The van der Waals surface area contributed by atoms with E-state index < -0.39 is 10.2 Å². The van der Waals surface area contributed by atoms with Gasteiger partial charge in [-0.25, -0.2) is 0 Å². The zero-order chi connectivity index (χ0) is 15.1. The number of benzene rings is 1. The molecule has 0 radical (unpaired) electrons. The molecular formula is C14H18N2O4S. The second-order valence-corrected chi connectivity index (χ2v) is 6.25. The van der Waals surface area contributed by atoms with Crippen LogP contribution in [0.1, 0.15) is 11.1 Å².